The highest BCUT2D eigenvalue weighted by Crippen LogP contribution is 2.25. The van der Waals surface area contributed by atoms with Gasteiger partial charge in [-0.15, -0.1) is 0 Å². The number of aromatic hydroxyl groups is 1. The number of phenolic OH excluding ortho intramolecular Hbond substituents is 1. The zero-order valence-electron chi connectivity index (χ0n) is 13.9. The molecule has 6 heteroatoms. The molecule has 5 nitrogen and oxygen atoms in total. The Morgan fingerprint density at radius 2 is 2.00 bits per heavy atom. The highest BCUT2D eigenvalue weighted by molar-refractivity contribution is 5.68. The number of carbonyl (C=O) groups excluding carboxylic acids is 1. The second-order valence-electron chi connectivity index (χ2n) is 7.02. The fraction of sp³-hybridized carbons (Fsp3) is 0.588. The van der Waals surface area contributed by atoms with Gasteiger partial charge in [0.25, 0.3) is 0 Å². The summed E-state index contributed by atoms with van der Waals surface area (Å²) in [4.78, 5) is 11.8. The molecule has 1 aliphatic carbocycles. The predicted molar refractivity (Wildman–Crippen MR) is 87.1 cm³/mol. The average molecular weight is 324 g/mol. The second kappa shape index (κ2) is 7.06. The number of hydrogen-bond donors (Lipinski definition) is 3. The lowest BCUT2D eigenvalue weighted by Crippen LogP contribution is -2.43. The Morgan fingerprint density at radius 3 is 2.65 bits per heavy atom. The molecule has 1 aromatic rings. The number of rotatable bonds is 3. The van der Waals surface area contributed by atoms with Crippen LogP contribution in [0.5, 0.6) is 5.75 Å². The molecule has 0 spiro atoms. The summed E-state index contributed by atoms with van der Waals surface area (Å²) in [6.45, 7) is 5.49. The fourth-order valence-electron chi connectivity index (χ4n) is 2.76. The SMILES string of the molecule is CC(C)(C)OC(=O)NC1CCCC(Nc2ccc(O)c(F)c2)C1. The number of halogens is 1. The molecule has 3 N–H and O–H groups in total. The highest BCUT2D eigenvalue weighted by Gasteiger charge is 2.25. The smallest absolute Gasteiger partial charge is 0.407 e. The maximum atomic E-state index is 13.4. The topological polar surface area (TPSA) is 70.6 Å². The van der Waals surface area contributed by atoms with Gasteiger partial charge in [0, 0.05) is 23.8 Å². The third-order valence-electron chi connectivity index (χ3n) is 3.71. The lowest BCUT2D eigenvalue weighted by molar-refractivity contribution is 0.0492. The second-order valence-corrected chi connectivity index (χ2v) is 7.02. The summed E-state index contributed by atoms with van der Waals surface area (Å²) in [6.07, 6.45) is 3.18. The number of nitrogens with one attached hydrogen (secondary N) is 2. The maximum absolute atomic E-state index is 13.4. The van der Waals surface area contributed by atoms with Gasteiger partial charge in [0.2, 0.25) is 0 Å². The number of ether oxygens (including phenoxy) is 1. The molecule has 23 heavy (non-hydrogen) atoms. The Balaban J connectivity index is 1.88. The number of hydrogen-bond acceptors (Lipinski definition) is 4. The third kappa shape index (κ3) is 5.62. The van der Waals surface area contributed by atoms with Crippen molar-refractivity contribution in [2.45, 2.75) is 64.1 Å². The van der Waals surface area contributed by atoms with E-state index in [9.17, 15) is 14.3 Å². The van der Waals surface area contributed by atoms with E-state index < -0.39 is 17.5 Å². The largest absolute Gasteiger partial charge is 0.505 e. The van der Waals surface area contributed by atoms with Crippen molar-refractivity contribution in [2.24, 2.45) is 0 Å². The molecule has 0 radical (unpaired) electrons. The summed E-state index contributed by atoms with van der Waals surface area (Å²) in [5.74, 6) is -1.00. The van der Waals surface area contributed by atoms with Crippen LogP contribution in [0.1, 0.15) is 46.5 Å². The van der Waals surface area contributed by atoms with Gasteiger partial charge >= 0.3 is 6.09 Å². The van der Waals surface area contributed by atoms with Crippen LogP contribution in [0.4, 0.5) is 14.9 Å². The molecule has 2 atom stereocenters. The van der Waals surface area contributed by atoms with Gasteiger partial charge < -0.3 is 20.5 Å². The number of alkyl carbamates (subject to hydrolysis) is 1. The molecule has 128 valence electrons. The van der Waals surface area contributed by atoms with Crippen molar-refractivity contribution in [3.8, 4) is 5.75 Å². The number of carbonyl (C=O) groups is 1. The summed E-state index contributed by atoms with van der Waals surface area (Å²) in [5, 5.41) is 15.4. The highest BCUT2D eigenvalue weighted by atomic mass is 19.1. The third-order valence-corrected chi connectivity index (χ3v) is 3.71. The van der Waals surface area contributed by atoms with E-state index in [2.05, 4.69) is 10.6 Å². The van der Waals surface area contributed by atoms with E-state index in [1.54, 1.807) is 6.07 Å². The van der Waals surface area contributed by atoms with E-state index in [0.29, 0.717) is 5.69 Å². The summed E-state index contributed by atoms with van der Waals surface area (Å²) in [5.41, 5.74) is 0.114. The Bertz CT molecular complexity index is 557. The van der Waals surface area contributed by atoms with Gasteiger partial charge in [-0.2, -0.15) is 0 Å². The quantitative estimate of drug-likeness (QED) is 0.740. The van der Waals surface area contributed by atoms with Crippen LogP contribution in [0.25, 0.3) is 0 Å². The fourth-order valence-corrected chi connectivity index (χ4v) is 2.76. The van der Waals surface area contributed by atoms with E-state index in [1.807, 2.05) is 20.8 Å². The van der Waals surface area contributed by atoms with Crippen molar-refractivity contribution in [1.82, 2.24) is 5.32 Å². The van der Waals surface area contributed by atoms with Crippen LogP contribution in [0.2, 0.25) is 0 Å². The van der Waals surface area contributed by atoms with Crippen LogP contribution in [-0.4, -0.2) is 28.9 Å². The zero-order chi connectivity index (χ0) is 17.0. The number of phenols is 1. The molecule has 1 fully saturated rings. The van der Waals surface area contributed by atoms with Crippen molar-refractivity contribution in [1.29, 1.82) is 0 Å². The molecule has 0 bridgehead atoms. The van der Waals surface area contributed by atoms with Crippen molar-refractivity contribution < 1.29 is 19.0 Å². The standard InChI is InChI=1S/C17H25FN2O3/c1-17(2,3)23-16(22)20-12-6-4-5-11(9-12)19-13-7-8-15(21)14(18)10-13/h7-8,10-12,19,21H,4-6,9H2,1-3H3,(H,20,22). The monoisotopic (exact) mass is 324 g/mol. The van der Waals surface area contributed by atoms with Gasteiger partial charge in [-0.1, -0.05) is 0 Å². The zero-order valence-corrected chi connectivity index (χ0v) is 13.9. The van der Waals surface area contributed by atoms with Crippen LogP contribution in [0.15, 0.2) is 18.2 Å². The van der Waals surface area contributed by atoms with Crippen LogP contribution in [0, 0.1) is 5.82 Å². The minimum absolute atomic E-state index is 0.0399. The van der Waals surface area contributed by atoms with E-state index in [0.717, 1.165) is 25.7 Å². The predicted octanol–water partition coefficient (Wildman–Crippen LogP) is 3.78. The van der Waals surface area contributed by atoms with E-state index >= 15 is 0 Å². The van der Waals surface area contributed by atoms with E-state index in [4.69, 9.17) is 4.74 Å². The minimum Gasteiger partial charge on any atom is -0.505 e. The first kappa shape index (κ1) is 17.4. The van der Waals surface area contributed by atoms with Crippen molar-refractivity contribution >= 4 is 11.8 Å². The molecule has 0 aliphatic heterocycles. The van der Waals surface area contributed by atoms with Gasteiger partial charge in [0.15, 0.2) is 11.6 Å². The van der Waals surface area contributed by atoms with Crippen molar-refractivity contribution in [3.05, 3.63) is 24.0 Å². The summed E-state index contributed by atoms with van der Waals surface area (Å²) in [7, 11) is 0. The molecular weight excluding hydrogens is 299 g/mol. The number of benzene rings is 1. The molecule has 0 heterocycles. The molecule has 2 rings (SSSR count). The van der Waals surface area contributed by atoms with Crippen molar-refractivity contribution in [2.75, 3.05) is 5.32 Å². The van der Waals surface area contributed by atoms with Crippen LogP contribution in [-0.2, 0) is 4.74 Å². The van der Waals surface area contributed by atoms with Gasteiger partial charge in [-0.05, 0) is 58.6 Å². The molecule has 1 saturated carbocycles. The first-order valence-electron chi connectivity index (χ1n) is 7.97. The van der Waals surface area contributed by atoms with Gasteiger partial charge in [-0.25, -0.2) is 9.18 Å². The maximum Gasteiger partial charge on any atom is 0.407 e. The summed E-state index contributed by atoms with van der Waals surface area (Å²) < 4.78 is 18.7. The molecule has 0 saturated heterocycles. The molecule has 1 aliphatic rings. The molecule has 0 aromatic heterocycles. The first-order valence-corrected chi connectivity index (χ1v) is 7.97. The number of anilines is 1. The normalized spacial score (nSPS) is 21.6. The van der Waals surface area contributed by atoms with E-state index in [-0.39, 0.29) is 17.8 Å². The van der Waals surface area contributed by atoms with Gasteiger partial charge in [0.05, 0.1) is 0 Å². The lowest BCUT2D eigenvalue weighted by atomic mass is 9.91. The molecule has 2 unspecified atom stereocenters. The van der Waals surface area contributed by atoms with Crippen molar-refractivity contribution in [3.63, 3.8) is 0 Å². The minimum atomic E-state index is -0.644. The Morgan fingerprint density at radius 1 is 1.30 bits per heavy atom. The Kier molecular flexibility index (Phi) is 5.34. The van der Waals surface area contributed by atoms with Crippen LogP contribution < -0.4 is 10.6 Å². The number of amides is 1. The lowest BCUT2D eigenvalue weighted by Gasteiger charge is -2.31. The summed E-state index contributed by atoms with van der Waals surface area (Å²) in [6, 6.07) is 4.44. The van der Waals surface area contributed by atoms with Crippen LogP contribution >= 0.6 is 0 Å². The van der Waals surface area contributed by atoms with E-state index in [1.165, 1.54) is 12.1 Å². The molecular formula is C17H25FN2O3. The summed E-state index contributed by atoms with van der Waals surface area (Å²) >= 11 is 0. The van der Waals surface area contributed by atoms with Gasteiger partial charge in [-0.3, -0.25) is 0 Å². The van der Waals surface area contributed by atoms with Crippen LogP contribution in [0.3, 0.4) is 0 Å². The molecule has 1 amide bonds. The first-order chi connectivity index (χ1) is 10.7. The Labute approximate surface area is 136 Å². The van der Waals surface area contributed by atoms with Gasteiger partial charge in [0.1, 0.15) is 5.60 Å². The molecule has 1 aromatic carbocycles. The average Bonchev–Trinajstić information content (AvgIpc) is 2.41. The Hall–Kier alpha value is -1.98.